The summed E-state index contributed by atoms with van der Waals surface area (Å²) < 4.78 is 4.86. The third kappa shape index (κ3) is 9.59. The highest BCUT2D eigenvalue weighted by atomic mass is 16.5. The number of pyridine rings is 2. The van der Waals surface area contributed by atoms with Crippen molar-refractivity contribution in [2.45, 2.75) is 45.9 Å². The zero-order valence-corrected chi connectivity index (χ0v) is 25.1. The second kappa shape index (κ2) is 16.9. The van der Waals surface area contributed by atoms with Gasteiger partial charge in [0.15, 0.2) is 0 Å². The van der Waals surface area contributed by atoms with E-state index in [-0.39, 0.29) is 18.7 Å². The standard InChI is InChI=1S/C18H20N2O3.C16H17N3O2/c1-3-23-18(22)17(21)20(13-15-9-5-4-6-10-15)14(2)16-11-7-8-12-19-16;1-12(14-9-5-6-10-18-14)19(16(21)15(17)20)11-13-7-3-2-4-8-13/h4-12,14H,3,13H2,1-2H3;2-10,12H,11H2,1H3,(H2,17,20). The number of aromatic nitrogens is 2. The van der Waals surface area contributed by atoms with Crippen LogP contribution in [0.1, 0.15) is 55.4 Å². The summed E-state index contributed by atoms with van der Waals surface area (Å²) in [5, 5.41) is 0. The number of carbonyl (C=O) groups is 4. The molecule has 0 spiro atoms. The summed E-state index contributed by atoms with van der Waals surface area (Å²) in [6, 6.07) is 29.3. The number of hydrogen-bond acceptors (Lipinski definition) is 7. The van der Waals surface area contributed by atoms with Gasteiger partial charge in [-0.25, -0.2) is 4.79 Å². The minimum atomic E-state index is -0.964. The van der Waals surface area contributed by atoms with E-state index in [1.54, 1.807) is 25.4 Å². The number of nitrogens with two attached hydrogens (primary N) is 1. The maximum absolute atomic E-state index is 12.5. The van der Waals surface area contributed by atoms with Gasteiger partial charge in [0.2, 0.25) is 0 Å². The van der Waals surface area contributed by atoms with Gasteiger partial charge in [-0.15, -0.1) is 0 Å². The first-order valence-corrected chi connectivity index (χ1v) is 14.2. The lowest BCUT2D eigenvalue weighted by molar-refractivity contribution is -0.161. The molecule has 2 unspecified atom stereocenters. The van der Waals surface area contributed by atoms with Crippen molar-refractivity contribution in [3.63, 3.8) is 0 Å². The number of amides is 3. The van der Waals surface area contributed by atoms with Crippen molar-refractivity contribution in [3.05, 3.63) is 132 Å². The fourth-order valence-corrected chi connectivity index (χ4v) is 4.35. The molecule has 228 valence electrons. The van der Waals surface area contributed by atoms with Gasteiger partial charge in [0.05, 0.1) is 30.1 Å². The SMILES string of the molecule is CC(c1ccccn1)N(Cc1ccccc1)C(=O)C(N)=O.CCOC(=O)C(=O)N(Cc1ccccc1)C(C)c1ccccn1. The molecule has 0 fully saturated rings. The quantitative estimate of drug-likeness (QED) is 0.224. The molecule has 3 amide bonds. The maximum Gasteiger partial charge on any atom is 0.397 e. The molecule has 0 aliphatic rings. The maximum atomic E-state index is 12.5. The second-order valence-electron chi connectivity index (χ2n) is 9.78. The lowest BCUT2D eigenvalue weighted by atomic mass is 10.1. The highest BCUT2D eigenvalue weighted by Gasteiger charge is 2.29. The van der Waals surface area contributed by atoms with Crippen LogP contribution in [-0.4, -0.2) is 50.1 Å². The summed E-state index contributed by atoms with van der Waals surface area (Å²) in [5.41, 5.74) is 8.45. The number of ether oxygens (including phenoxy) is 1. The number of primary amides is 1. The van der Waals surface area contributed by atoms with Crippen LogP contribution in [0.25, 0.3) is 0 Å². The van der Waals surface area contributed by atoms with Gasteiger partial charge in [0.25, 0.3) is 0 Å². The van der Waals surface area contributed by atoms with E-state index in [0.717, 1.165) is 16.8 Å². The zero-order chi connectivity index (χ0) is 31.9. The van der Waals surface area contributed by atoms with E-state index in [4.69, 9.17) is 10.5 Å². The van der Waals surface area contributed by atoms with Gasteiger partial charge >= 0.3 is 23.7 Å². The first-order valence-electron chi connectivity index (χ1n) is 14.2. The van der Waals surface area contributed by atoms with Gasteiger partial charge in [0.1, 0.15) is 0 Å². The monoisotopic (exact) mass is 595 g/mol. The summed E-state index contributed by atoms with van der Waals surface area (Å²) in [5.74, 6) is -3.18. The molecule has 0 radical (unpaired) electrons. The van der Waals surface area contributed by atoms with Crippen LogP contribution in [0.4, 0.5) is 0 Å². The van der Waals surface area contributed by atoms with Crippen LogP contribution < -0.4 is 5.73 Å². The smallest absolute Gasteiger partial charge is 0.397 e. The second-order valence-corrected chi connectivity index (χ2v) is 9.78. The van der Waals surface area contributed by atoms with Crippen molar-refractivity contribution in [2.75, 3.05) is 6.61 Å². The summed E-state index contributed by atoms with van der Waals surface area (Å²) in [7, 11) is 0. The zero-order valence-electron chi connectivity index (χ0n) is 25.1. The Balaban J connectivity index is 0.000000241. The molecule has 0 aliphatic carbocycles. The van der Waals surface area contributed by atoms with Crippen molar-refractivity contribution in [2.24, 2.45) is 5.73 Å². The molecule has 2 aromatic carbocycles. The van der Waals surface area contributed by atoms with Crippen molar-refractivity contribution in [3.8, 4) is 0 Å². The predicted octanol–water partition coefficient (Wildman–Crippen LogP) is 4.39. The van der Waals surface area contributed by atoms with Crippen LogP contribution >= 0.6 is 0 Å². The summed E-state index contributed by atoms with van der Waals surface area (Å²) in [6.07, 6.45) is 3.32. The summed E-state index contributed by atoms with van der Waals surface area (Å²) in [6.45, 7) is 6.14. The Morgan fingerprint density at radius 2 is 1.07 bits per heavy atom. The molecule has 0 saturated heterocycles. The average Bonchev–Trinajstić information content (AvgIpc) is 3.07. The van der Waals surface area contributed by atoms with Crippen molar-refractivity contribution < 1.29 is 23.9 Å². The first kappa shape index (κ1) is 33.1. The number of carbonyl (C=O) groups excluding carboxylic acids is 4. The van der Waals surface area contributed by atoms with E-state index in [1.807, 2.05) is 105 Å². The van der Waals surface area contributed by atoms with E-state index in [0.29, 0.717) is 18.8 Å². The summed E-state index contributed by atoms with van der Waals surface area (Å²) >= 11 is 0. The molecule has 2 heterocycles. The highest BCUT2D eigenvalue weighted by Crippen LogP contribution is 2.22. The predicted molar refractivity (Wildman–Crippen MR) is 165 cm³/mol. The Morgan fingerprint density at radius 3 is 1.43 bits per heavy atom. The lowest BCUT2D eigenvalue weighted by Crippen LogP contribution is -2.41. The largest absolute Gasteiger partial charge is 0.459 e. The highest BCUT2D eigenvalue weighted by molar-refractivity contribution is 6.34. The number of rotatable bonds is 9. The van der Waals surface area contributed by atoms with Crippen molar-refractivity contribution in [1.82, 2.24) is 19.8 Å². The van der Waals surface area contributed by atoms with Crippen LogP contribution in [-0.2, 0) is 37.0 Å². The summed E-state index contributed by atoms with van der Waals surface area (Å²) in [4.78, 5) is 59.1. The van der Waals surface area contributed by atoms with E-state index in [1.165, 1.54) is 9.80 Å². The van der Waals surface area contributed by atoms with Crippen LogP contribution in [0.3, 0.4) is 0 Å². The van der Waals surface area contributed by atoms with Crippen LogP contribution in [0.5, 0.6) is 0 Å². The van der Waals surface area contributed by atoms with Gasteiger partial charge in [-0.05, 0) is 56.2 Å². The number of benzene rings is 2. The Kier molecular flexibility index (Phi) is 12.7. The van der Waals surface area contributed by atoms with E-state index in [9.17, 15) is 19.2 Å². The minimum absolute atomic E-state index is 0.168. The molecule has 10 heteroatoms. The van der Waals surface area contributed by atoms with Crippen LogP contribution in [0.15, 0.2) is 109 Å². The molecule has 10 nitrogen and oxygen atoms in total. The molecule has 44 heavy (non-hydrogen) atoms. The van der Waals surface area contributed by atoms with E-state index < -0.39 is 23.7 Å². The van der Waals surface area contributed by atoms with Gasteiger partial charge in [-0.1, -0.05) is 72.8 Å². The fraction of sp³-hybridized carbons (Fsp3) is 0.235. The number of nitrogens with zero attached hydrogens (tertiary/aromatic N) is 4. The molecule has 2 N–H and O–H groups in total. The fourth-order valence-electron chi connectivity index (χ4n) is 4.35. The van der Waals surface area contributed by atoms with Gasteiger partial charge in [-0.3, -0.25) is 24.4 Å². The number of esters is 1. The number of hydrogen-bond donors (Lipinski definition) is 1. The Bertz CT molecular complexity index is 1490. The molecule has 0 bridgehead atoms. The molecular weight excluding hydrogens is 558 g/mol. The molecule has 4 rings (SSSR count). The lowest BCUT2D eigenvalue weighted by Gasteiger charge is -2.28. The van der Waals surface area contributed by atoms with E-state index in [2.05, 4.69) is 9.97 Å². The molecule has 2 atom stereocenters. The Labute approximate surface area is 257 Å². The van der Waals surface area contributed by atoms with Gasteiger partial charge in [0, 0.05) is 25.5 Å². The van der Waals surface area contributed by atoms with E-state index >= 15 is 0 Å². The third-order valence-electron chi connectivity index (χ3n) is 6.74. The van der Waals surface area contributed by atoms with Gasteiger partial charge in [-0.2, -0.15) is 0 Å². The first-order chi connectivity index (χ1) is 21.2. The normalized spacial score (nSPS) is 11.6. The van der Waals surface area contributed by atoms with Crippen LogP contribution in [0.2, 0.25) is 0 Å². The van der Waals surface area contributed by atoms with Crippen LogP contribution in [0, 0.1) is 0 Å². The Hall–Kier alpha value is -5.38. The third-order valence-corrected chi connectivity index (χ3v) is 6.74. The molecule has 0 saturated carbocycles. The van der Waals surface area contributed by atoms with Crippen molar-refractivity contribution in [1.29, 1.82) is 0 Å². The molecule has 0 aliphatic heterocycles. The molecular formula is C34H37N5O5. The topological polar surface area (TPSA) is 136 Å². The molecule has 4 aromatic rings. The Morgan fingerprint density at radius 1 is 0.659 bits per heavy atom. The average molecular weight is 596 g/mol. The van der Waals surface area contributed by atoms with Gasteiger partial charge < -0.3 is 20.3 Å². The molecule has 2 aromatic heterocycles. The minimum Gasteiger partial charge on any atom is -0.459 e. The van der Waals surface area contributed by atoms with Crippen molar-refractivity contribution >= 4 is 23.7 Å².